The quantitative estimate of drug-likeness (QED) is 0.0352. The lowest BCUT2D eigenvalue weighted by Crippen LogP contribution is -2.60. The first-order chi connectivity index (χ1) is 35.2. The van der Waals surface area contributed by atoms with E-state index in [4.69, 9.17) is 10.8 Å². The van der Waals surface area contributed by atoms with Gasteiger partial charge in [-0.2, -0.15) is 8.78 Å². The topological polar surface area (TPSA) is 440 Å². The molecule has 0 saturated carbocycles. The number of carboxylic acid groups (broad SMARTS) is 1. The Morgan fingerprint density at radius 1 is 0.553 bits per heavy atom. The van der Waals surface area contributed by atoms with E-state index in [0.29, 0.717) is 12.5 Å². The van der Waals surface area contributed by atoms with E-state index in [1.165, 1.54) is 62.4 Å². The number of phenols is 2. The number of amides is 10. The SMILES string of the molecule is CC(=O)NCC(=O)N[C@@H](CCC(=O)O)C(=O)NCC(=O)N[C@H](C(=O)N[C@@H](Cc1ccc(O)cc1)C(=O)NCC(=O)N[C@H](C(=O)N[C@H](C(=O)N[C@@H](Cc1ccc(O)cc1)C(N)=O)C(C)C)C(C)C)[C@@H](C)C(F)(F)P(=O)(O)O. The molecular formula is C46H65F2N10O17P. The molecule has 0 aromatic heterocycles. The molecule has 420 valence electrons. The number of carboxylic acids is 1. The highest BCUT2D eigenvalue weighted by Gasteiger charge is 2.57. The largest absolute Gasteiger partial charge is 0.508 e. The average Bonchev–Trinajstić information content (AvgIpc) is 3.32. The van der Waals surface area contributed by atoms with Gasteiger partial charge in [0.25, 0.3) is 0 Å². The third kappa shape index (κ3) is 21.2. The van der Waals surface area contributed by atoms with Gasteiger partial charge in [0.1, 0.15) is 47.8 Å². The molecule has 0 spiro atoms. The Kier molecular flexibility index (Phi) is 24.8. The summed E-state index contributed by atoms with van der Waals surface area (Å²) in [5.74, 6) is -16.4. The number of benzene rings is 2. The van der Waals surface area contributed by atoms with Crippen LogP contribution in [-0.2, 0) is 70.1 Å². The van der Waals surface area contributed by atoms with Gasteiger partial charge in [0.15, 0.2) is 0 Å². The molecule has 7 atom stereocenters. The van der Waals surface area contributed by atoms with Crippen LogP contribution < -0.4 is 53.6 Å². The third-order valence-electron chi connectivity index (χ3n) is 11.2. The van der Waals surface area contributed by atoms with Crippen molar-refractivity contribution in [2.24, 2.45) is 23.5 Å². The van der Waals surface area contributed by atoms with Crippen molar-refractivity contribution in [1.82, 2.24) is 47.9 Å². The summed E-state index contributed by atoms with van der Waals surface area (Å²) in [5, 5.41) is 48.5. The molecular weight excluding hydrogens is 1030 g/mol. The lowest BCUT2D eigenvalue weighted by Gasteiger charge is -2.32. The molecule has 16 N–H and O–H groups in total. The molecule has 0 aliphatic carbocycles. The van der Waals surface area contributed by atoms with Crippen molar-refractivity contribution in [1.29, 1.82) is 0 Å². The fourth-order valence-electron chi connectivity index (χ4n) is 6.90. The number of rotatable bonds is 30. The van der Waals surface area contributed by atoms with Crippen LogP contribution in [0.2, 0.25) is 0 Å². The Hall–Kier alpha value is -7.78. The Labute approximate surface area is 434 Å². The zero-order valence-electron chi connectivity index (χ0n) is 42.2. The van der Waals surface area contributed by atoms with E-state index in [2.05, 4.69) is 37.2 Å². The fraction of sp³-hybridized carbons (Fsp3) is 0.500. The van der Waals surface area contributed by atoms with E-state index in [9.17, 15) is 77.3 Å². The summed E-state index contributed by atoms with van der Waals surface area (Å²) < 4.78 is 42.6. The van der Waals surface area contributed by atoms with E-state index in [1.807, 2.05) is 10.6 Å². The number of primary amides is 1. The van der Waals surface area contributed by atoms with Gasteiger partial charge in [-0.1, -0.05) is 58.9 Å². The average molecular weight is 1100 g/mol. The van der Waals surface area contributed by atoms with Crippen molar-refractivity contribution < 1.29 is 91.2 Å². The summed E-state index contributed by atoms with van der Waals surface area (Å²) in [6.45, 7) is 5.07. The van der Waals surface area contributed by atoms with E-state index in [0.717, 1.165) is 6.92 Å². The molecule has 0 bridgehead atoms. The van der Waals surface area contributed by atoms with Crippen LogP contribution in [0.4, 0.5) is 8.78 Å². The second-order valence-electron chi connectivity index (χ2n) is 18.1. The maximum atomic E-state index is 15.3. The van der Waals surface area contributed by atoms with E-state index in [1.54, 1.807) is 13.8 Å². The van der Waals surface area contributed by atoms with E-state index >= 15 is 8.78 Å². The van der Waals surface area contributed by atoms with Gasteiger partial charge in [0.2, 0.25) is 59.1 Å². The number of halogens is 2. The minimum atomic E-state index is -6.42. The second kappa shape index (κ2) is 29.3. The smallest absolute Gasteiger partial charge is 0.394 e. The molecule has 0 heterocycles. The summed E-state index contributed by atoms with van der Waals surface area (Å²) in [7, 11) is -6.42. The summed E-state index contributed by atoms with van der Waals surface area (Å²) in [5.41, 5.74) is 1.24. The molecule has 0 radical (unpaired) electrons. The molecule has 2 rings (SSSR count). The summed E-state index contributed by atoms with van der Waals surface area (Å²) in [4.78, 5) is 161. The van der Waals surface area contributed by atoms with Gasteiger partial charge in [-0.25, -0.2) is 0 Å². The monoisotopic (exact) mass is 1100 g/mol. The van der Waals surface area contributed by atoms with Gasteiger partial charge in [-0.15, -0.1) is 0 Å². The van der Waals surface area contributed by atoms with Gasteiger partial charge in [0.05, 0.1) is 25.6 Å². The highest BCUT2D eigenvalue weighted by molar-refractivity contribution is 7.53. The van der Waals surface area contributed by atoms with Crippen LogP contribution >= 0.6 is 7.60 Å². The van der Waals surface area contributed by atoms with Crippen LogP contribution in [0.5, 0.6) is 11.5 Å². The lowest BCUT2D eigenvalue weighted by atomic mass is 9.98. The molecule has 0 saturated heterocycles. The number of nitrogens with two attached hydrogens (primary N) is 1. The highest BCUT2D eigenvalue weighted by atomic mass is 31.2. The number of alkyl halides is 2. The minimum absolute atomic E-state index is 0.0403. The summed E-state index contributed by atoms with van der Waals surface area (Å²) in [6.07, 6.45) is -1.81. The number of aromatic hydroxyl groups is 2. The fourth-order valence-corrected chi connectivity index (χ4v) is 7.58. The number of hydrogen-bond acceptors (Lipinski definition) is 14. The Bertz CT molecular complexity index is 2480. The summed E-state index contributed by atoms with van der Waals surface area (Å²) in [6, 6.07) is 0.691. The molecule has 2 aromatic rings. The molecule has 30 heteroatoms. The van der Waals surface area contributed by atoms with Crippen molar-refractivity contribution in [3.05, 3.63) is 59.7 Å². The van der Waals surface area contributed by atoms with Crippen LogP contribution in [0.3, 0.4) is 0 Å². The molecule has 0 aliphatic heterocycles. The van der Waals surface area contributed by atoms with Crippen LogP contribution in [0, 0.1) is 17.8 Å². The normalized spacial score (nSPS) is 14.2. The molecule has 0 unspecified atom stereocenters. The Balaban J connectivity index is 2.35. The van der Waals surface area contributed by atoms with Gasteiger partial charge in [-0.3, -0.25) is 57.3 Å². The zero-order chi connectivity index (χ0) is 57.8. The first-order valence-corrected chi connectivity index (χ1v) is 24.9. The Morgan fingerprint density at radius 3 is 1.37 bits per heavy atom. The number of nitrogens with one attached hydrogen (secondary N) is 9. The maximum absolute atomic E-state index is 15.3. The lowest BCUT2D eigenvalue weighted by molar-refractivity contribution is -0.138. The molecule has 0 fully saturated rings. The van der Waals surface area contributed by atoms with Crippen LogP contribution in [0.25, 0.3) is 0 Å². The van der Waals surface area contributed by atoms with Crippen molar-refractivity contribution in [2.45, 2.75) is 109 Å². The number of phenolic OH excluding ortho intramolecular Hbond substituents is 2. The van der Waals surface area contributed by atoms with Gasteiger partial charge >= 0.3 is 19.2 Å². The van der Waals surface area contributed by atoms with Gasteiger partial charge < -0.3 is 78.7 Å². The number of carbonyl (C=O) groups is 11. The predicted molar refractivity (Wildman–Crippen MR) is 262 cm³/mol. The molecule has 2 aromatic carbocycles. The Morgan fingerprint density at radius 2 is 0.934 bits per heavy atom. The maximum Gasteiger partial charge on any atom is 0.394 e. The molecule has 27 nitrogen and oxygen atoms in total. The number of carbonyl (C=O) groups excluding carboxylic acids is 10. The van der Waals surface area contributed by atoms with Gasteiger partial charge in [-0.05, 0) is 53.6 Å². The van der Waals surface area contributed by atoms with Crippen LogP contribution in [0.15, 0.2) is 48.5 Å². The van der Waals surface area contributed by atoms with E-state index in [-0.39, 0.29) is 23.5 Å². The van der Waals surface area contributed by atoms with Crippen LogP contribution in [0.1, 0.15) is 65.5 Å². The first-order valence-electron chi connectivity index (χ1n) is 23.3. The first kappa shape index (κ1) is 64.3. The van der Waals surface area contributed by atoms with Gasteiger partial charge in [0, 0.05) is 26.2 Å². The third-order valence-corrected chi connectivity index (χ3v) is 12.4. The summed E-state index contributed by atoms with van der Waals surface area (Å²) >= 11 is 0. The molecule has 76 heavy (non-hydrogen) atoms. The second-order valence-corrected chi connectivity index (χ2v) is 19.8. The van der Waals surface area contributed by atoms with Crippen molar-refractivity contribution >= 4 is 72.6 Å². The predicted octanol–water partition coefficient (Wildman–Crippen LogP) is -2.77. The number of hydrogen-bond donors (Lipinski definition) is 15. The van der Waals surface area contributed by atoms with Crippen molar-refractivity contribution in [3.8, 4) is 11.5 Å². The van der Waals surface area contributed by atoms with Crippen molar-refractivity contribution in [2.75, 3.05) is 19.6 Å². The molecule has 10 amide bonds. The van der Waals surface area contributed by atoms with Crippen molar-refractivity contribution in [3.63, 3.8) is 0 Å². The molecule has 0 aliphatic rings. The highest BCUT2D eigenvalue weighted by Crippen LogP contribution is 2.57. The number of aliphatic carboxylic acids is 1. The van der Waals surface area contributed by atoms with Crippen LogP contribution in [-0.4, -0.2) is 152 Å². The standard InChI is InChI=1S/C46H65F2N10O17P/c1-22(2)37(44(71)58-38(23(3)4)43(70)54-31(40(49)67)17-26-7-11-28(60)12-8-26)56-34(63)20-52-42(69)32(18-27-9-13-29(61)14-10-27)55-45(72)39(24(5)46(47,48)76(73,74)75)57-35(64)21-51-41(68)30(15-16-36(65)66)53-33(62)19-50-25(6)59/h7-14,22-24,30-32,37-39,60-61H,15-21H2,1-6H3,(H2,49,67)(H,50,59)(H,51,68)(H,52,69)(H,53,62)(H,54,70)(H,55,72)(H,56,63)(H,57,64)(H,58,71)(H,65,66)(H2,73,74,75)/t24-,30+,31+,32+,37+,38+,39+/m1/s1. The minimum Gasteiger partial charge on any atom is -0.508 e. The zero-order valence-corrected chi connectivity index (χ0v) is 43.1. The van der Waals surface area contributed by atoms with E-state index < -0.39 is 171 Å².